The Hall–Kier alpha value is -1.26. The molecule has 70 valence electrons. The van der Waals surface area contributed by atoms with E-state index < -0.39 is 6.09 Å². The Bertz CT molecular complexity index is 170. The molecule has 0 atom stereocenters. The van der Waals surface area contributed by atoms with Gasteiger partial charge in [-0.25, -0.2) is 4.79 Å². The van der Waals surface area contributed by atoms with Crippen LogP contribution in [0.4, 0.5) is 4.79 Å². The molecule has 12 heavy (non-hydrogen) atoms. The van der Waals surface area contributed by atoms with Gasteiger partial charge in [0, 0.05) is 6.54 Å². The van der Waals surface area contributed by atoms with Crippen molar-refractivity contribution in [3.05, 3.63) is 0 Å². The molecule has 0 aliphatic rings. The number of likely N-dealkylation sites (N-methyl/N-ethyl adjacent to an activating group) is 1. The van der Waals surface area contributed by atoms with E-state index in [4.69, 9.17) is 15.9 Å². The van der Waals surface area contributed by atoms with Crippen molar-refractivity contribution >= 4 is 11.9 Å². The van der Waals surface area contributed by atoms with E-state index in [0.29, 0.717) is 13.2 Å². The average Bonchev–Trinajstić information content (AvgIpc) is 2.00. The maximum absolute atomic E-state index is 11.1. The SMILES string of the molecule is CCOC(=O)N(CC)CC(=N)N. The number of nitrogens with one attached hydrogen (secondary N) is 1. The van der Waals surface area contributed by atoms with Crippen molar-refractivity contribution in [2.45, 2.75) is 13.8 Å². The normalized spacial score (nSPS) is 9.17. The van der Waals surface area contributed by atoms with Crippen molar-refractivity contribution in [2.24, 2.45) is 5.73 Å². The lowest BCUT2D eigenvalue weighted by Gasteiger charge is -2.18. The second kappa shape index (κ2) is 5.40. The minimum atomic E-state index is -0.421. The van der Waals surface area contributed by atoms with Gasteiger partial charge >= 0.3 is 6.09 Å². The lowest BCUT2D eigenvalue weighted by atomic mass is 10.5. The van der Waals surface area contributed by atoms with Gasteiger partial charge in [-0.1, -0.05) is 0 Å². The number of carbonyl (C=O) groups excluding carboxylic acids is 1. The summed E-state index contributed by atoms with van der Waals surface area (Å²) in [6.45, 7) is 4.51. The van der Waals surface area contributed by atoms with E-state index in [1.807, 2.05) is 0 Å². The molecule has 5 heteroatoms. The summed E-state index contributed by atoms with van der Waals surface area (Å²) < 4.78 is 4.73. The Labute approximate surface area is 72.0 Å². The molecule has 0 aliphatic carbocycles. The predicted octanol–water partition coefficient (Wildman–Crippen LogP) is 0.401. The molecule has 0 spiro atoms. The Kier molecular flexibility index (Phi) is 4.83. The van der Waals surface area contributed by atoms with Gasteiger partial charge in [-0.3, -0.25) is 5.41 Å². The van der Waals surface area contributed by atoms with Crippen molar-refractivity contribution in [3.8, 4) is 0 Å². The van der Waals surface area contributed by atoms with E-state index >= 15 is 0 Å². The Morgan fingerprint density at radius 2 is 2.17 bits per heavy atom. The summed E-state index contributed by atoms with van der Waals surface area (Å²) in [4.78, 5) is 12.4. The first-order valence-electron chi connectivity index (χ1n) is 3.86. The molecular formula is C7H15N3O2. The molecule has 1 amide bonds. The highest BCUT2D eigenvalue weighted by atomic mass is 16.6. The Morgan fingerprint density at radius 1 is 1.58 bits per heavy atom. The second-order valence-electron chi connectivity index (χ2n) is 2.24. The molecule has 0 saturated heterocycles. The summed E-state index contributed by atoms with van der Waals surface area (Å²) in [5.74, 6) is -0.0371. The first-order chi connectivity index (χ1) is 5.61. The smallest absolute Gasteiger partial charge is 0.410 e. The first-order valence-corrected chi connectivity index (χ1v) is 3.86. The van der Waals surface area contributed by atoms with Crippen LogP contribution < -0.4 is 5.73 Å². The number of rotatable bonds is 4. The largest absolute Gasteiger partial charge is 0.450 e. The van der Waals surface area contributed by atoms with Crippen LogP contribution in [-0.2, 0) is 4.74 Å². The summed E-state index contributed by atoms with van der Waals surface area (Å²) >= 11 is 0. The molecule has 0 rings (SSSR count). The maximum atomic E-state index is 11.1. The molecule has 0 aromatic heterocycles. The number of nitrogens with two attached hydrogens (primary N) is 1. The summed E-state index contributed by atoms with van der Waals surface area (Å²) in [6.07, 6.45) is -0.421. The van der Waals surface area contributed by atoms with Crippen molar-refractivity contribution in [3.63, 3.8) is 0 Å². The zero-order chi connectivity index (χ0) is 9.56. The van der Waals surface area contributed by atoms with E-state index in [2.05, 4.69) is 0 Å². The topological polar surface area (TPSA) is 79.4 Å². The third kappa shape index (κ3) is 3.80. The van der Waals surface area contributed by atoms with Crippen LogP contribution in [0.15, 0.2) is 0 Å². The molecule has 0 unspecified atom stereocenters. The highest BCUT2D eigenvalue weighted by Crippen LogP contribution is 1.92. The second-order valence-corrected chi connectivity index (χ2v) is 2.24. The van der Waals surface area contributed by atoms with Crippen LogP contribution in [0.5, 0.6) is 0 Å². The number of hydrogen-bond donors (Lipinski definition) is 2. The quantitative estimate of drug-likeness (QED) is 0.477. The predicted molar refractivity (Wildman–Crippen MR) is 46.2 cm³/mol. The molecule has 0 bridgehead atoms. The van der Waals surface area contributed by atoms with E-state index in [9.17, 15) is 4.79 Å². The van der Waals surface area contributed by atoms with E-state index in [-0.39, 0.29) is 12.4 Å². The zero-order valence-corrected chi connectivity index (χ0v) is 7.46. The standard InChI is InChI=1S/C7H15N3O2/c1-3-10(5-6(8)9)7(11)12-4-2/h3-5H2,1-2H3,(H3,8,9). The van der Waals surface area contributed by atoms with Gasteiger partial charge < -0.3 is 15.4 Å². The van der Waals surface area contributed by atoms with Crippen LogP contribution in [0.1, 0.15) is 13.8 Å². The molecule has 0 radical (unpaired) electrons. The van der Waals surface area contributed by atoms with Crippen LogP contribution >= 0.6 is 0 Å². The number of carbonyl (C=O) groups is 1. The number of amidine groups is 1. The van der Waals surface area contributed by atoms with Crippen LogP contribution in [0, 0.1) is 5.41 Å². The molecule has 3 N–H and O–H groups in total. The number of nitrogens with zero attached hydrogens (tertiary/aromatic N) is 1. The molecule has 0 fully saturated rings. The average molecular weight is 173 g/mol. The lowest BCUT2D eigenvalue weighted by molar-refractivity contribution is 0.114. The van der Waals surface area contributed by atoms with Gasteiger partial charge in [-0.05, 0) is 13.8 Å². The van der Waals surface area contributed by atoms with Crippen molar-refractivity contribution < 1.29 is 9.53 Å². The minimum Gasteiger partial charge on any atom is -0.450 e. The molecule has 0 saturated carbocycles. The van der Waals surface area contributed by atoms with Gasteiger partial charge in [-0.15, -0.1) is 0 Å². The van der Waals surface area contributed by atoms with Crippen molar-refractivity contribution in [2.75, 3.05) is 19.7 Å². The van der Waals surface area contributed by atoms with Gasteiger partial charge in [0.05, 0.1) is 13.2 Å². The van der Waals surface area contributed by atoms with Crippen LogP contribution in [0.25, 0.3) is 0 Å². The highest BCUT2D eigenvalue weighted by Gasteiger charge is 2.12. The molecule has 0 heterocycles. The molecule has 5 nitrogen and oxygen atoms in total. The summed E-state index contributed by atoms with van der Waals surface area (Å²) in [5.41, 5.74) is 5.14. The Morgan fingerprint density at radius 3 is 2.50 bits per heavy atom. The van der Waals surface area contributed by atoms with Gasteiger partial charge in [0.25, 0.3) is 0 Å². The maximum Gasteiger partial charge on any atom is 0.410 e. The number of ether oxygens (including phenoxy) is 1. The number of amides is 1. The van der Waals surface area contributed by atoms with Gasteiger partial charge in [-0.2, -0.15) is 0 Å². The van der Waals surface area contributed by atoms with Crippen LogP contribution in [0.2, 0.25) is 0 Å². The summed E-state index contributed by atoms with van der Waals surface area (Å²) in [5, 5.41) is 6.98. The molecular weight excluding hydrogens is 158 g/mol. The lowest BCUT2D eigenvalue weighted by Crippen LogP contribution is -2.38. The zero-order valence-electron chi connectivity index (χ0n) is 7.46. The van der Waals surface area contributed by atoms with Crippen molar-refractivity contribution in [1.82, 2.24) is 4.90 Å². The van der Waals surface area contributed by atoms with E-state index in [1.165, 1.54) is 4.90 Å². The van der Waals surface area contributed by atoms with Gasteiger partial charge in [0.1, 0.15) is 5.84 Å². The fraction of sp³-hybridized carbons (Fsp3) is 0.714. The minimum absolute atomic E-state index is 0.0371. The third-order valence-corrected chi connectivity index (χ3v) is 1.27. The first kappa shape index (κ1) is 10.7. The molecule has 0 aromatic carbocycles. The molecule has 0 aromatic rings. The number of hydrogen-bond acceptors (Lipinski definition) is 3. The summed E-state index contributed by atoms with van der Waals surface area (Å²) in [7, 11) is 0. The van der Waals surface area contributed by atoms with Crippen LogP contribution in [0.3, 0.4) is 0 Å². The van der Waals surface area contributed by atoms with Gasteiger partial charge in [0.2, 0.25) is 0 Å². The fourth-order valence-corrected chi connectivity index (χ4v) is 0.726. The van der Waals surface area contributed by atoms with Crippen LogP contribution in [-0.4, -0.2) is 36.5 Å². The monoisotopic (exact) mass is 173 g/mol. The van der Waals surface area contributed by atoms with E-state index in [1.54, 1.807) is 13.8 Å². The highest BCUT2D eigenvalue weighted by molar-refractivity contribution is 5.82. The molecule has 0 aliphatic heterocycles. The fourth-order valence-electron chi connectivity index (χ4n) is 0.726. The van der Waals surface area contributed by atoms with E-state index in [0.717, 1.165) is 0 Å². The van der Waals surface area contributed by atoms with Crippen molar-refractivity contribution in [1.29, 1.82) is 5.41 Å². The summed E-state index contributed by atoms with van der Waals surface area (Å²) in [6, 6.07) is 0. The van der Waals surface area contributed by atoms with Gasteiger partial charge in [0.15, 0.2) is 0 Å². The third-order valence-electron chi connectivity index (χ3n) is 1.27. The Balaban J connectivity index is 3.96.